The fourth-order valence-corrected chi connectivity index (χ4v) is 4.74. The number of carboxylic acids is 1. The van der Waals surface area contributed by atoms with Gasteiger partial charge in [0, 0.05) is 5.70 Å². The molecule has 4 N–H and O–H groups in total. The summed E-state index contributed by atoms with van der Waals surface area (Å²) < 4.78 is 27.7. The van der Waals surface area contributed by atoms with Crippen molar-refractivity contribution >= 4 is 52.7 Å². The van der Waals surface area contributed by atoms with Crippen molar-refractivity contribution in [2.45, 2.75) is 26.8 Å². The number of halogens is 1. The van der Waals surface area contributed by atoms with Crippen molar-refractivity contribution in [3.05, 3.63) is 56.3 Å². The summed E-state index contributed by atoms with van der Waals surface area (Å²) in [6, 6.07) is 6.82. The largest absolute Gasteiger partial charge is 0.493 e. The Kier molecular flexibility index (Phi) is 12.0. The Balaban J connectivity index is 1.67. The van der Waals surface area contributed by atoms with Crippen molar-refractivity contribution in [2.24, 2.45) is 5.10 Å². The zero-order chi connectivity index (χ0) is 31.5. The molecule has 0 saturated heterocycles. The lowest BCUT2D eigenvalue weighted by molar-refractivity contribution is -0.140. The molecule has 14 nitrogen and oxygen atoms in total. The molecular formula is C28H31IN4O10. The monoisotopic (exact) mass is 710 g/mol. The Hall–Kier alpha value is -4.54. The maximum absolute atomic E-state index is 12.6. The molecule has 1 atom stereocenters. The Labute approximate surface area is 260 Å². The van der Waals surface area contributed by atoms with Gasteiger partial charge in [-0.1, -0.05) is 6.07 Å². The topological polar surface area (TPSA) is 183 Å². The van der Waals surface area contributed by atoms with Gasteiger partial charge in [0.15, 0.2) is 36.2 Å². The van der Waals surface area contributed by atoms with Crippen molar-refractivity contribution in [1.82, 2.24) is 16.1 Å². The van der Waals surface area contributed by atoms with Gasteiger partial charge in [-0.25, -0.2) is 19.8 Å². The molecule has 0 unspecified atom stereocenters. The lowest BCUT2D eigenvalue weighted by atomic mass is 9.95. The van der Waals surface area contributed by atoms with Gasteiger partial charge < -0.3 is 39.4 Å². The molecule has 230 valence electrons. The summed E-state index contributed by atoms with van der Waals surface area (Å²) >= 11 is 1.99. The smallest absolute Gasteiger partial charge is 0.341 e. The second-order valence-electron chi connectivity index (χ2n) is 8.73. The van der Waals surface area contributed by atoms with Gasteiger partial charge in [0.2, 0.25) is 0 Å². The first kappa shape index (κ1) is 33.0. The quantitative estimate of drug-likeness (QED) is 0.0985. The zero-order valence-electron chi connectivity index (χ0n) is 23.8. The number of benzene rings is 2. The molecule has 0 aromatic heterocycles. The van der Waals surface area contributed by atoms with Gasteiger partial charge in [0.25, 0.3) is 5.91 Å². The number of allylic oxidation sites excluding steroid dienone is 1. The molecule has 0 bridgehead atoms. The van der Waals surface area contributed by atoms with Crippen LogP contribution >= 0.6 is 22.6 Å². The third-order valence-electron chi connectivity index (χ3n) is 5.72. The van der Waals surface area contributed by atoms with E-state index in [1.165, 1.54) is 13.3 Å². The van der Waals surface area contributed by atoms with E-state index in [0.717, 1.165) is 0 Å². The number of methoxy groups -OCH3 is 1. The molecule has 1 aliphatic heterocycles. The number of urea groups is 1. The van der Waals surface area contributed by atoms with E-state index in [1.807, 2.05) is 22.6 Å². The Bertz CT molecular complexity index is 1440. The van der Waals surface area contributed by atoms with Crippen LogP contribution in [0.25, 0.3) is 0 Å². The Morgan fingerprint density at radius 2 is 1.81 bits per heavy atom. The summed E-state index contributed by atoms with van der Waals surface area (Å²) in [4.78, 5) is 48.0. The SMILES string of the molecule is CCOC(=O)C1=C(C)NC(=O)N[C@@H]1c1ccc(OCC(=O)N/N=C\c2cc(I)c(OCC(=O)O)c(OCC)c2)c(OC)c1. The lowest BCUT2D eigenvalue weighted by Gasteiger charge is -2.28. The number of carboxylic acid groups (broad SMARTS) is 1. The predicted molar refractivity (Wildman–Crippen MR) is 161 cm³/mol. The van der Waals surface area contributed by atoms with Crippen LogP contribution in [0.1, 0.15) is 37.9 Å². The molecule has 0 radical (unpaired) electrons. The van der Waals surface area contributed by atoms with Gasteiger partial charge in [0.1, 0.15) is 0 Å². The molecule has 0 fully saturated rings. The van der Waals surface area contributed by atoms with Crippen LogP contribution in [-0.4, -0.2) is 68.7 Å². The van der Waals surface area contributed by atoms with Gasteiger partial charge in [-0.2, -0.15) is 5.10 Å². The fraction of sp³-hybridized carbons (Fsp3) is 0.321. The van der Waals surface area contributed by atoms with E-state index in [0.29, 0.717) is 38.5 Å². The number of nitrogens with one attached hydrogen (secondary N) is 3. The molecule has 3 rings (SSSR count). The van der Waals surface area contributed by atoms with Gasteiger partial charge >= 0.3 is 18.0 Å². The summed E-state index contributed by atoms with van der Waals surface area (Å²) in [6.07, 6.45) is 1.39. The van der Waals surface area contributed by atoms with Crippen molar-refractivity contribution in [1.29, 1.82) is 0 Å². The van der Waals surface area contributed by atoms with E-state index in [4.69, 9.17) is 28.8 Å². The maximum Gasteiger partial charge on any atom is 0.341 e. The highest BCUT2D eigenvalue weighted by Gasteiger charge is 2.32. The molecule has 1 heterocycles. The van der Waals surface area contributed by atoms with E-state index >= 15 is 0 Å². The normalized spacial score (nSPS) is 14.4. The second kappa shape index (κ2) is 15.6. The molecule has 1 aliphatic rings. The van der Waals surface area contributed by atoms with E-state index < -0.39 is 43.1 Å². The standard InChI is InChI=1S/C28H31IN4O10/c1-5-40-21-10-16(9-18(29)26(21)43-14-23(35)36)12-30-33-22(34)13-42-19-8-7-17(11-20(19)39-4)25-24(27(37)41-6-2)15(3)31-28(38)32-25/h7-12,25H,5-6,13-14H2,1-4H3,(H,33,34)(H,35,36)(H2,31,32,38)/b30-12-/t25-/m1/s1. The number of amides is 3. The van der Waals surface area contributed by atoms with Crippen LogP contribution in [0.3, 0.4) is 0 Å². The number of carbonyl (C=O) groups is 4. The molecule has 0 aliphatic carbocycles. The average molecular weight is 710 g/mol. The number of aliphatic carboxylic acids is 1. The molecule has 0 spiro atoms. The molecular weight excluding hydrogens is 679 g/mol. The third-order valence-corrected chi connectivity index (χ3v) is 6.52. The minimum Gasteiger partial charge on any atom is -0.493 e. The Morgan fingerprint density at radius 1 is 1.05 bits per heavy atom. The van der Waals surface area contributed by atoms with Gasteiger partial charge in [0.05, 0.1) is 41.7 Å². The van der Waals surface area contributed by atoms with Crippen LogP contribution in [0.4, 0.5) is 4.79 Å². The maximum atomic E-state index is 12.6. The van der Waals surface area contributed by atoms with E-state index in [1.54, 1.807) is 51.1 Å². The number of hydrazone groups is 1. The minimum absolute atomic E-state index is 0.169. The average Bonchev–Trinajstić information content (AvgIpc) is 2.95. The van der Waals surface area contributed by atoms with Crippen LogP contribution in [-0.2, 0) is 19.1 Å². The fourth-order valence-electron chi connectivity index (χ4n) is 3.96. The highest BCUT2D eigenvalue weighted by molar-refractivity contribution is 14.1. The number of esters is 1. The van der Waals surface area contributed by atoms with E-state index in [-0.39, 0.29) is 23.7 Å². The highest BCUT2D eigenvalue weighted by atomic mass is 127. The van der Waals surface area contributed by atoms with Gasteiger partial charge in [-0.3, -0.25) is 4.79 Å². The predicted octanol–water partition coefficient (Wildman–Crippen LogP) is 2.88. The number of ether oxygens (including phenoxy) is 5. The first-order valence-corrected chi connectivity index (χ1v) is 14.0. The van der Waals surface area contributed by atoms with E-state index in [2.05, 4.69) is 21.2 Å². The summed E-state index contributed by atoms with van der Waals surface area (Å²) in [7, 11) is 1.42. The van der Waals surface area contributed by atoms with Crippen molar-refractivity contribution < 1.29 is 48.0 Å². The van der Waals surface area contributed by atoms with Gasteiger partial charge in [-0.05, 0) is 78.8 Å². The minimum atomic E-state index is -1.12. The second-order valence-corrected chi connectivity index (χ2v) is 9.89. The van der Waals surface area contributed by atoms with Crippen molar-refractivity contribution in [2.75, 3.05) is 33.5 Å². The van der Waals surface area contributed by atoms with Crippen molar-refractivity contribution in [3.63, 3.8) is 0 Å². The van der Waals surface area contributed by atoms with Crippen LogP contribution in [0.5, 0.6) is 23.0 Å². The summed E-state index contributed by atoms with van der Waals surface area (Å²) in [5, 5.41) is 18.1. The number of hydrogen-bond donors (Lipinski definition) is 4. The summed E-state index contributed by atoms with van der Waals surface area (Å²) in [5.74, 6) is -1.09. The molecule has 15 heteroatoms. The van der Waals surface area contributed by atoms with Crippen LogP contribution in [0.2, 0.25) is 0 Å². The van der Waals surface area contributed by atoms with Crippen LogP contribution < -0.4 is 35.0 Å². The first-order chi connectivity index (χ1) is 20.6. The summed E-state index contributed by atoms with van der Waals surface area (Å²) in [5.41, 5.74) is 4.10. The number of hydrogen-bond acceptors (Lipinski definition) is 10. The summed E-state index contributed by atoms with van der Waals surface area (Å²) in [6.45, 7) is 4.66. The number of nitrogens with zero attached hydrogens (tertiary/aromatic N) is 1. The number of carbonyl (C=O) groups excluding carboxylic acids is 3. The van der Waals surface area contributed by atoms with Crippen LogP contribution in [0, 0.1) is 3.57 Å². The Morgan fingerprint density at radius 3 is 2.49 bits per heavy atom. The first-order valence-electron chi connectivity index (χ1n) is 13.0. The number of rotatable bonds is 14. The van der Waals surface area contributed by atoms with Crippen LogP contribution in [0.15, 0.2) is 46.7 Å². The molecule has 2 aromatic carbocycles. The molecule has 3 amide bonds. The third kappa shape index (κ3) is 8.97. The van der Waals surface area contributed by atoms with Crippen molar-refractivity contribution in [3.8, 4) is 23.0 Å². The zero-order valence-corrected chi connectivity index (χ0v) is 26.0. The lowest BCUT2D eigenvalue weighted by Crippen LogP contribution is -2.45. The molecule has 43 heavy (non-hydrogen) atoms. The highest BCUT2D eigenvalue weighted by Crippen LogP contribution is 2.35. The van der Waals surface area contributed by atoms with E-state index in [9.17, 15) is 19.2 Å². The molecule has 0 saturated carbocycles. The van der Waals surface area contributed by atoms with Gasteiger partial charge in [-0.15, -0.1) is 0 Å². The molecule has 2 aromatic rings.